The van der Waals surface area contributed by atoms with Crippen molar-refractivity contribution < 1.29 is 18.9 Å². The van der Waals surface area contributed by atoms with Gasteiger partial charge in [-0.2, -0.15) is 0 Å². The van der Waals surface area contributed by atoms with Crippen LogP contribution < -0.4 is 29.6 Å². The molecule has 29 heavy (non-hydrogen) atoms. The summed E-state index contributed by atoms with van der Waals surface area (Å²) in [6.45, 7) is 3.31. The Bertz CT molecular complexity index is 837. The van der Waals surface area contributed by atoms with Crippen LogP contribution >= 0.6 is 0 Å². The van der Waals surface area contributed by atoms with E-state index in [1.165, 1.54) is 5.56 Å². The Labute approximate surface area is 173 Å². The second-order valence-electron chi connectivity index (χ2n) is 6.40. The van der Waals surface area contributed by atoms with Crippen molar-refractivity contribution in [3.63, 3.8) is 0 Å². The van der Waals surface area contributed by atoms with E-state index >= 15 is 0 Å². The number of nitrogens with zero attached hydrogens (tertiary/aromatic N) is 1. The number of guanidine groups is 1. The Morgan fingerprint density at radius 3 is 2.21 bits per heavy atom. The van der Waals surface area contributed by atoms with Crippen LogP contribution in [0.4, 0.5) is 0 Å². The van der Waals surface area contributed by atoms with Gasteiger partial charge < -0.3 is 29.6 Å². The molecule has 2 aromatic carbocycles. The van der Waals surface area contributed by atoms with Crippen molar-refractivity contribution in [2.75, 3.05) is 42.0 Å². The molecule has 2 rings (SSSR count). The molecule has 0 saturated carbocycles. The third kappa shape index (κ3) is 5.70. The monoisotopic (exact) mass is 401 g/mol. The largest absolute Gasteiger partial charge is 0.496 e. The van der Waals surface area contributed by atoms with Crippen molar-refractivity contribution in [3.05, 3.63) is 47.0 Å². The normalized spacial score (nSPS) is 11.0. The standard InChI is InChI=1S/C22H31N3O4/c1-15-7-8-16(13-19(15)27-4)11-12-24-22(23-2)25-14-17-9-10-18(26-3)21(29-6)20(17)28-5/h7-10,13H,11-12,14H2,1-6H3,(H2,23,24,25). The number of benzene rings is 2. The summed E-state index contributed by atoms with van der Waals surface area (Å²) in [7, 11) is 8.25. The average Bonchev–Trinajstić information content (AvgIpc) is 2.76. The van der Waals surface area contributed by atoms with Gasteiger partial charge in [-0.3, -0.25) is 4.99 Å². The van der Waals surface area contributed by atoms with Gasteiger partial charge in [0.25, 0.3) is 0 Å². The minimum atomic E-state index is 0.529. The number of nitrogens with one attached hydrogen (secondary N) is 2. The maximum Gasteiger partial charge on any atom is 0.203 e. The number of aryl methyl sites for hydroxylation is 1. The molecular formula is C22H31N3O4. The molecule has 0 atom stereocenters. The maximum absolute atomic E-state index is 5.53. The SMILES string of the molecule is CN=C(NCCc1ccc(C)c(OC)c1)NCc1ccc(OC)c(OC)c1OC. The van der Waals surface area contributed by atoms with Gasteiger partial charge in [0.2, 0.25) is 5.75 Å². The molecule has 0 fully saturated rings. The van der Waals surface area contributed by atoms with Crippen molar-refractivity contribution in [3.8, 4) is 23.0 Å². The first kappa shape index (κ1) is 22.2. The molecule has 0 unspecified atom stereocenters. The topological polar surface area (TPSA) is 73.3 Å². The highest BCUT2D eigenvalue weighted by Crippen LogP contribution is 2.39. The Hall–Kier alpha value is -3.09. The van der Waals surface area contributed by atoms with Gasteiger partial charge in [-0.15, -0.1) is 0 Å². The minimum Gasteiger partial charge on any atom is -0.496 e. The van der Waals surface area contributed by atoms with E-state index in [0.29, 0.717) is 29.8 Å². The molecule has 0 aliphatic carbocycles. The molecule has 158 valence electrons. The molecule has 0 aliphatic rings. The number of hydrogen-bond acceptors (Lipinski definition) is 5. The lowest BCUT2D eigenvalue weighted by Crippen LogP contribution is -2.37. The van der Waals surface area contributed by atoms with Crippen LogP contribution in [-0.2, 0) is 13.0 Å². The summed E-state index contributed by atoms with van der Waals surface area (Å²) in [6, 6.07) is 10.1. The van der Waals surface area contributed by atoms with E-state index in [4.69, 9.17) is 18.9 Å². The Morgan fingerprint density at radius 1 is 0.862 bits per heavy atom. The highest BCUT2D eigenvalue weighted by molar-refractivity contribution is 5.79. The van der Waals surface area contributed by atoms with Crippen LogP contribution in [0.1, 0.15) is 16.7 Å². The van der Waals surface area contributed by atoms with Crippen LogP contribution in [0.5, 0.6) is 23.0 Å². The molecular weight excluding hydrogens is 370 g/mol. The molecule has 7 heteroatoms. The molecule has 0 saturated heterocycles. The zero-order chi connectivity index (χ0) is 21.2. The van der Waals surface area contributed by atoms with Gasteiger partial charge in [-0.05, 0) is 42.7 Å². The number of hydrogen-bond donors (Lipinski definition) is 2. The van der Waals surface area contributed by atoms with E-state index in [0.717, 1.165) is 29.8 Å². The third-order valence-corrected chi connectivity index (χ3v) is 4.63. The van der Waals surface area contributed by atoms with E-state index in [1.54, 1.807) is 35.5 Å². The summed E-state index contributed by atoms with van der Waals surface area (Å²) >= 11 is 0. The van der Waals surface area contributed by atoms with Gasteiger partial charge in [0.15, 0.2) is 17.5 Å². The van der Waals surface area contributed by atoms with E-state index in [2.05, 4.69) is 33.8 Å². The summed E-state index contributed by atoms with van der Waals surface area (Å²) in [5, 5.41) is 6.64. The molecule has 0 amide bonds. The zero-order valence-electron chi connectivity index (χ0n) is 18.1. The number of rotatable bonds is 9. The summed E-state index contributed by atoms with van der Waals surface area (Å²) in [5.41, 5.74) is 3.28. The predicted octanol–water partition coefficient (Wildman–Crippen LogP) is 2.94. The first-order valence-corrected chi connectivity index (χ1v) is 9.43. The third-order valence-electron chi connectivity index (χ3n) is 4.63. The average molecular weight is 402 g/mol. The summed E-state index contributed by atoms with van der Waals surface area (Å²) in [5.74, 6) is 3.46. The summed E-state index contributed by atoms with van der Waals surface area (Å²) in [6.07, 6.45) is 0.858. The van der Waals surface area contributed by atoms with Gasteiger partial charge in [0.05, 0.1) is 28.4 Å². The highest BCUT2D eigenvalue weighted by atomic mass is 16.5. The molecule has 2 aromatic rings. The fraction of sp³-hybridized carbons (Fsp3) is 0.409. The van der Waals surface area contributed by atoms with Crippen molar-refractivity contribution >= 4 is 5.96 Å². The van der Waals surface area contributed by atoms with Crippen molar-refractivity contribution in [2.24, 2.45) is 4.99 Å². The van der Waals surface area contributed by atoms with Crippen LogP contribution in [0, 0.1) is 6.92 Å². The van der Waals surface area contributed by atoms with Crippen molar-refractivity contribution in [1.29, 1.82) is 0 Å². The first-order chi connectivity index (χ1) is 14.1. The maximum atomic E-state index is 5.53. The second-order valence-corrected chi connectivity index (χ2v) is 6.40. The lowest BCUT2D eigenvalue weighted by molar-refractivity contribution is 0.322. The molecule has 7 nitrogen and oxygen atoms in total. The summed E-state index contributed by atoms with van der Waals surface area (Å²) < 4.78 is 21.7. The van der Waals surface area contributed by atoms with Gasteiger partial charge in [-0.25, -0.2) is 0 Å². The van der Waals surface area contributed by atoms with Crippen LogP contribution in [0.15, 0.2) is 35.3 Å². The van der Waals surface area contributed by atoms with Crippen molar-refractivity contribution in [2.45, 2.75) is 19.9 Å². The molecule has 0 aliphatic heterocycles. The number of ether oxygens (including phenoxy) is 4. The Kier molecular flexibility index (Phi) is 8.45. The van der Waals surface area contributed by atoms with Crippen LogP contribution in [0.25, 0.3) is 0 Å². The fourth-order valence-electron chi connectivity index (χ4n) is 3.05. The second kappa shape index (κ2) is 11.0. The lowest BCUT2D eigenvalue weighted by atomic mass is 10.1. The van der Waals surface area contributed by atoms with E-state index in [-0.39, 0.29) is 0 Å². The van der Waals surface area contributed by atoms with Gasteiger partial charge >= 0.3 is 0 Å². The smallest absolute Gasteiger partial charge is 0.203 e. The van der Waals surface area contributed by atoms with Crippen molar-refractivity contribution in [1.82, 2.24) is 10.6 Å². The highest BCUT2D eigenvalue weighted by Gasteiger charge is 2.15. The van der Waals surface area contributed by atoms with Gasteiger partial charge in [-0.1, -0.05) is 12.1 Å². The molecule has 2 N–H and O–H groups in total. The van der Waals surface area contributed by atoms with Crippen LogP contribution in [0.3, 0.4) is 0 Å². The number of methoxy groups -OCH3 is 4. The predicted molar refractivity (Wildman–Crippen MR) is 116 cm³/mol. The fourth-order valence-corrected chi connectivity index (χ4v) is 3.05. The Morgan fingerprint density at radius 2 is 1.59 bits per heavy atom. The Balaban J connectivity index is 1.96. The molecule has 0 bridgehead atoms. The molecule has 0 radical (unpaired) electrons. The van der Waals surface area contributed by atoms with Gasteiger partial charge in [0.1, 0.15) is 5.75 Å². The van der Waals surface area contributed by atoms with E-state index < -0.39 is 0 Å². The van der Waals surface area contributed by atoms with Crippen LogP contribution in [-0.4, -0.2) is 48.0 Å². The molecule has 0 heterocycles. The first-order valence-electron chi connectivity index (χ1n) is 9.43. The zero-order valence-corrected chi connectivity index (χ0v) is 18.1. The summed E-state index contributed by atoms with van der Waals surface area (Å²) in [4.78, 5) is 4.29. The van der Waals surface area contributed by atoms with Gasteiger partial charge in [0, 0.05) is 25.7 Å². The number of aliphatic imine (C=N–C) groups is 1. The van der Waals surface area contributed by atoms with E-state index in [1.807, 2.05) is 19.1 Å². The van der Waals surface area contributed by atoms with Crippen LogP contribution in [0.2, 0.25) is 0 Å². The quantitative estimate of drug-likeness (QED) is 0.497. The lowest BCUT2D eigenvalue weighted by Gasteiger charge is -2.17. The minimum absolute atomic E-state index is 0.529. The van der Waals surface area contributed by atoms with E-state index in [9.17, 15) is 0 Å². The molecule has 0 spiro atoms. The molecule has 0 aromatic heterocycles.